The van der Waals surface area contributed by atoms with Gasteiger partial charge in [-0.1, -0.05) is 24.3 Å². The van der Waals surface area contributed by atoms with E-state index in [4.69, 9.17) is 10.5 Å². The largest absolute Gasteiger partial charge is 0.496 e. The number of nitrogens with two attached hydrogens (primary N) is 1. The van der Waals surface area contributed by atoms with E-state index in [1.807, 2.05) is 52.5 Å². The summed E-state index contributed by atoms with van der Waals surface area (Å²) in [6.45, 7) is 0.647. The third-order valence-electron chi connectivity index (χ3n) is 3.11. The van der Waals surface area contributed by atoms with E-state index in [0.29, 0.717) is 12.5 Å². The van der Waals surface area contributed by atoms with Gasteiger partial charge in [-0.2, -0.15) is 0 Å². The standard InChI is InChI=1S/C15H15N3OS/c1-19-13-6-3-2-5-11(13)9-18-10-12(17-15(18)16)14-7-4-8-20-14/h2-8,10H,9H2,1H3,(H2,16,17). The summed E-state index contributed by atoms with van der Waals surface area (Å²) in [6.07, 6.45) is 1.98. The maximum Gasteiger partial charge on any atom is 0.201 e. The number of nitrogen functional groups attached to an aromatic ring is 1. The van der Waals surface area contributed by atoms with Crippen LogP contribution < -0.4 is 10.5 Å². The average molecular weight is 285 g/mol. The molecule has 2 N–H and O–H groups in total. The van der Waals surface area contributed by atoms with Crippen molar-refractivity contribution in [3.8, 4) is 16.3 Å². The predicted molar refractivity (Wildman–Crippen MR) is 82.0 cm³/mol. The fourth-order valence-corrected chi connectivity index (χ4v) is 2.80. The number of imidazole rings is 1. The molecule has 1 aromatic carbocycles. The number of benzene rings is 1. The maximum absolute atomic E-state index is 6.00. The first-order chi connectivity index (χ1) is 9.78. The zero-order chi connectivity index (χ0) is 13.9. The van der Waals surface area contributed by atoms with Gasteiger partial charge in [-0.15, -0.1) is 11.3 Å². The summed E-state index contributed by atoms with van der Waals surface area (Å²) in [7, 11) is 1.67. The third-order valence-corrected chi connectivity index (χ3v) is 4.01. The van der Waals surface area contributed by atoms with Gasteiger partial charge in [0.05, 0.1) is 18.5 Å². The Labute approximate surface area is 121 Å². The van der Waals surface area contributed by atoms with E-state index in [1.54, 1.807) is 18.4 Å². The van der Waals surface area contributed by atoms with Gasteiger partial charge in [-0.3, -0.25) is 0 Å². The van der Waals surface area contributed by atoms with Crippen LogP contribution in [-0.4, -0.2) is 16.7 Å². The van der Waals surface area contributed by atoms with Crippen LogP contribution in [0.25, 0.3) is 10.6 Å². The fraction of sp³-hybridized carbons (Fsp3) is 0.133. The number of hydrogen-bond donors (Lipinski definition) is 1. The number of ether oxygens (including phenoxy) is 1. The molecule has 0 amide bonds. The van der Waals surface area contributed by atoms with Crippen molar-refractivity contribution in [2.24, 2.45) is 0 Å². The van der Waals surface area contributed by atoms with Gasteiger partial charge in [-0.25, -0.2) is 4.98 Å². The second kappa shape index (κ2) is 5.38. The zero-order valence-corrected chi connectivity index (χ0v) is 11.9. The SMILES string of the molecule is COc1ccccc1Cn1cc(-c2cccs2)nc1N. The lowest BCUT2D eigenvalue weighted by atomic mass is 10.2. The molecule has 0 spiro atoms. The van der Waals surface area contributed by atoms with Crippen molar-refractivity contribution in [3.05, 3.63) is 53.5 Å². The van der Waals surface area contributed by atoms with Gasteiger partial charge in [-0.05, 0) is 17.5 Å². The fourth-order valence-electron chi connectivity index (χ4n) is 2.12. The lowest BCUT2D eigenvalue weighted by Gasteiger charge is -2.09. The Bertz CT molecular complexity index is 704. The normalized spacial score (nSPS) is 10.7. The number of rotatable bonds is 4. The molecule has 0 fully saturated rings. The Morgan fingerprint density at radius 2 is 2.10 bits per heavy atom. The summed E-state index contributed by atoms with van der Waals surface area (Å²) in [4.78, 5) is 5.54. The molecule has 3 aromatic rings. The van der Waals surface area contributed by atoms with E-state index in [1.165, 1.54) is 0 Å². The Kier molecular flexibility index (Phi) is 3.43. The third kappa shape index (κ3) is 2.40. The first-order valence-electron chi connectivity index (χ1n) is 6.26. The molecule has 0 saturated heterocycles. The molecule has 3 rings (SSSR count). The second-order valence-electron chi connectivity index (χ2n) is 4.40. The van der Waals surface area contributed by atoms with Gasteiger partial charge < -0.3 is 15.0 Å². The molecule has 0 bridgehead atoms. The van der Waals surface area contributed by atoms with E-state index < -0.39 is 0 Å². The van der Waals surface area contributed by atoms with Gasteiger partial charge in [0, 0.05) is 11.8 Å². The van der Waals surface area contributed by atoms with E-state index >= 15 is 0 Å². The minimum atomic E-state index is 0.513. The lowest BCUT2D eigenvalue weighted by Crippen LogP contribution is -2.04. The van der Waals surface area contributed by atoms with Gasteiger partial charge in [0.25, 0.3) is 0 Å². The maximum atomic E-state index is 6.00. The molecule has 20 heavy (non-hydrogen) atoms. The van der Waals surface area contributed by atoms with Crippen LogP contribution >= 0.6 is 11.3 Å². The number of methoxy groups -OCH3 is 1. The minimum Gasteiger partial charge on any atom is -0.496 e. The monoisotopic (exact) mass is 285 g/mol. The van der Waals surface area contributed by atoms with Crippen LogP contribution in [0.15, 0.2) is 48.0 Å². The quantitative estimate of drug-likeness (QED) is 0.800. The summed E-state index contributed by atoms with van der Waals surface area (Å²) < 4.78 is 7.30. The highest BCUT2D eigenvalue weighted by Gasteiger charge is 2.10. The smallest absolute Gasteiger partial charge is 0.201 e. The molecule has 0 saturated carbocycles. The predicted octanol–water partition coefficient (Wildman–Crippen LogP) is 3.25. The number of aromatic nitrogens is 2. The highest BCUT2D eigenvalue weighted by atomic mass is 32.1. The highest BCUT2D eigenvalue weighted by molar-refractivity contribution is 7.13. The molecule has 0 atom stereocenters. The Morgan fingerprint density at radius 1 is 1.25 bits per heavy atom. The van der Waals surface area contributed by atoms with E-state index in [-0.39, 0.29) is 0 Å². The van der Waals surface area contributed by atoms with Crippen LogP contribution in [0.2, 0.25) is 0 Å². The molecule has 5 heteroatoms. The summed E-state index contributed by atoms with van der Waals surface area (Å²) in [6, 6.07) is 12.0. The first kappa shape index (κ1) is 12.7. The summed E-state index contributed by atoms with van der Waals surface area (Å²) in [5, 5.41) is 2.03. The van der Waals surface area contributed by atoms with Crippen molar-refractivity contribution >= 4 is 17.3 Å². The topological polar surface area (TPSA) is 53.1 Å². The van der Waals surface area contributed by atoms with Crippen LogP contribution in [0.3, 0.4) is 0 Å². The Hall–Kier alpha value is -2.27. The zero-order valence-electron chi connectivity index (χ0n) is 11.1. The van der Waals surface area contributed by atoms with E-state index in [2.05, 4.69) is 4.98 Å². The first-order valence-corrected chi connectivity index (χ1v) is 7.14. The van der Waals surface area contributed by atoms with Crippen molar-refractivity contribution in [2.75, 3.05) is 12.8 Å². The van der Waals surface area contributed by atoms with Gasteiger partial charge in [0.1, 0.15) is 11.4 Å². The lowest BCUT2D eigenvalue weighted by molar-refractivity contribution is 0.408. The van der Waals surface area contributed by atoms with Crippen LogP contribution in [-0.2, 0) is 6.54 Å². The molecule has 102 valence electrons. The van der Waals surface area contributed by atoms with Gasteiger partial charge in [0.2, 0.25) is 5.95 Å². The van der Waals surface area contributed by atoms with Crippen molar-refractivity contribution in [1.82, 2.24) is 9.55 Å². The van der Waals surface area contributed by atoms with Crippen molar-refractivity contribution in [3.63, 3.8) is 0 Å². The van der Waals surface area contributed by atoms with Crippen molar-refractivity contribution in [2.45, 2.75) is 6.54 Å². The number of thiophene rings is 1. The highest BCUT2D eigenvalue weighted by Crippen LogP contribution is 2.26. The molecule has 0 unspecified atom stereocenters. The molecule has 0 aliphatic heterocycles. The number of hydrogen-bond acceptors (Lipinski definition) is 4. The Morgan fingerprint density at radius 3 is 2.85 bits per heavy atom. The number of anilines is 1. The number of nitrogens with zero attached hydrogens (tertiary/aromatic N) is 2. The molecular weight excluding hydrogens is 270 g/mol. The van der Waals surface area contributed by atoms with E-state index in [0.717, 1.165) is 21.9 Å². The van der Waals surface area contributed by atoms with Crippen molar-refractivity contribution < 1.29 is 4.74 Å². The Balaban J connectivity index is 1.92. The molecule has 0 radical (unpaired) electrons. The summed E-state index contributed by atoms with van der Waals surface area (Å²) >= 11 is 1.66. The second-order valence-corrected chi connectivity index (χ2v) is 5.35. The van der Waals surface area contributed by atoms with Crippen molar-refractivity contribution in [1.29, 1.82) is 0 Å². The molecular formula is C15H15N3OS. The minimum absolute atomic E-state index is 0.513. The molecule has 0 aliphatic rings. The molecule has 2 aromatic heterocycles. The van der Waals surface area contributed by atoms with Crippen LogP contribution in [0.4, 0.5) is 5.95 Å². The average Bonchev–Trinajstić information content (AvgIpc) is 3.10. The van der Waals surface area contributed by atoms with Gasteiger partial charge in [0.15, 0.2) is 0 Å². The molecule has 0 aliphatic carbocycles. The van der Waals surface area contributed by atoms with Crippen LogP contribution in [0.1, 0.15) is 5.56 Å². The summed E-state index contributed by atoms with van der Waals surface area (Å²) in [5.74, 6) is 1.37. The molecule has 4 nitrogen and oxygen atoms in total. The summed E-state index contributed by atoms with van der Waals surface area (Å²) in [5.41, 5.74) is 7.99. The van der Waals surface area contributed by atoms with E-state index in [9.17, 15) is 0 Å². The molecule has 2 heterocycles. The van der Waals surface area contributed by atoms with Gasteiger partial charge >= 0.3 is 0 Å². The van der Waals surface area contributed by atoms with Crippen LogP contribution in [0.5, 0.6) is 5.75 Å². The van der Waals surface area contributed by atoms with Crippen LogP contribution in [0, 0.1) is 0 Å². The number of para-hydroxylation sites is 1.